The Morgan fingerprint density at radius 1 is 1.31 bits per heavy atom. The zero-order valence-electron chi connectivity index (χ0n) is 9.98. The Hall–Kier alpha value is -0.900. The average molecular weight is 224 g/mol. The maximum atomic E-state index is 12.0. The molecule has 2 rings (SSSR count). The van der Waals surface area contributed by atoms with Gasteiger partial charge in [-0.2, -0.15) is 0 Å². The van der Waals surface area contributed by atoms with Gasteiger partial charge in [-0.25, -0.2) is 0 Å². The molecular formula is C12H20N2O2. The summed E-state index contributed by atoms with van der Waals surface area (Å²) >= 11 is 0. The van der Waals surface area contributed by atoms with Gasteiger partial charge in [0.25, 0.3) is 0 Å². The van der Waals surface area contributed by atoms with Crippen LogP contribution in [0.5, 0.6) is 0 Å². The Kier molecular flexibility index (Phi) is 3.02. The standard InChI is InChI=1S/C12H20N2O2/c1-3-8-4-9-10(5-8)12(16)14(11(9)15)6-7(2)13/h7-10H,3-6,13H2,1-2H3. The molecule has 4 nitrogen and oxygen atoms in total. The lowest BCUT2D eigenvalue weighted by molar-refractivity contribution is -0.140. The highest BCUT2D eigenvalue weighted by Gasteiger charge is 2.52. The van der Waals surface area contributed by atoms with E-state index in [0.29, 0.717) is 12.5 Å². The van der Waals surface area contributed by atoms with E-state index in [1.165, 1.54) is 4.90 Å². The third-order valence-corrected chi connectivity index (χ3v) is 3.87. The molecule has 1 saturated heterocycles. The Balaban J connectivity index is 2.10. The topological polar surface area (TPSA) is 63.4 Å². The molecule has 1 heterocycles. The van der Waals surface area contributed by atoms with Crippen molar-refractivity contribution in [2.75, 3.05) is 6.54 Å². The summed E-state index contributed by atoms with van der Waals surface area (Å²) in [5.74, 6) is 0.499. The lowest BCUT2D eigenvalue weighted by Gasteiger charge is -2.19. The molecule has 0 spiro atoms. The molecule has 3 unspecified atom stereocenters. The van der Waals surface area contributed by atoms with E-state index in [-0.39, 0.29) is 29.7 Å². The summed E-state index contributed by atoms with van der Waals surface area (Å²) in [5.41, 5.74) is 5.65. The molecule has 0 aromatic rings. The van der Waals surface area contributed by atoms with Crippen molar-refractivity contribution in [2.45, 2.75) is 39.2 Å². The van der Waals surface area contributed by atoms with E-state index in [0.717, 1.165) is 19.3 Å². The van der Waals surface area contributed by atoms with Crippen molar-refractivity contribution in [1.82, 2.24) is 4.90 Å². The van der Waals surface area contributed by atoms with Gasteiger partial charge in [0.05, 0.1) is 11.8 Å². The number of carbonyl (C=O) groups is 2. The van der Waals surface area contributed by atoms with Crippen molar-refractivity contribution >= 4 is 11.8 Å². The van der Waals surface area contributed by atoms with Crippen LogP contribution in [0.3, 0.4) is 0 Å². The van der Waals surface area contributed by atoms with Gasteiger partial charge in [-0.3, -0.25) is 14.5 Å². The zero-order chi connectivity index (χ0) is 11.9. The van der Waals surface area contributed by atoms with Crippen molar-refractivity contribution in [2.24, 2.45) is 23.5 Å². The van der Waals surface area contributed by atoms with Gasteiger partial charge in [0.1, 0.15) is 0 Å². The lowest BCUT2D eigenvalue weighted by atomic mass is 10.00. The number of carbonyl (C=O) groups excluding carboxylic acids is 2. The maximum Gasteiger partial charge on any atom is 0.233 e. The van der Waals surface area contributed by atoms with Crippen LogP contribution in [-0.4, -0.2) is 29.3 Å². The number of hydrogen-bond acceptors (Lipinski definition) is 3. The lowest BCUT2D eigenvalue weighted by Crippen LogP contribution is -2.40. The zero-order valence-corrected chi connectivity index (χ0v) is 9.98. The predicted octanol–water partition coefficient (Wildman–Crippen LogP) is 0.755. The van der Waals surface area contributed by atoms with Crippen LogP contribution in [0.2, 0.25) is 0 Å². The molecule has 0 aromatic heterocycles. The van der Waals surface area contributed by atoms with E-state index in [2.05, 4.69) is 6.92 Å². The second kappa shape index (κ2) is 4.17. The van der Waals surface area contributed by atoms with Crippen LogP contribution in [0.4, 0.5) is 0 Å². The number of likely N-dealkylation sites (tertiary alicyclic amines) is 1. The molecular weight excluding hydrogens is 204 g/mol. The maximum absolute atomic E-state index is 12.0. The fourth-order valence-corrected chi connectivity index (χ4v) is 3.00. The number of fused-ring (bicyclic) bond motifs is 1. The van der Waals surface area contributed by atoms with Gasteiger partial charge >= 0.3 is 0 Å². The second-order valence-corrected chi connectivity index (χ2v) is 5.22. The van der Waals surface area contributed by atoms with Crippen molar-refractivity contribution < 1.29 is 9.59 Å². The molecule has 3 atom stereocenters. The smallest absolute Gasteiger partial charge is 0.233 e. The van der Waals surface area contributed by atoms with Crippen LogP contribution in [0, 0.1) is 17.8 Å². The second-order valence-electron chi connectivity index (χ2n) is 5.22. The summed E-state index contributed by atoms with van der Waals surface area (Å²) in [7, 11) is 0. The first kappa shape index (κ1) is 11.6. The van der Waals surface area contributed by atoms with Gasteiger partial charge in [0.2, 0.25) is 11.8 Å². The normalized spacial score (nSPS) is 35.7. The Labute approximate surface area is 96.2 Å². The van der Waals surface area contributed by atoms with Gasteiger partial charge < -0.3 is 5.73 Å². The van der Waals surface area contributed by atoms with Crippen molar-refractivity contribution in [3.05, 3.63) is 0 Å². The third-order valence-electron chi connectivity index (χ3n) is 3.87. The number of imide groups is 1. The number of nitrogens with zero attached hydrogens (tertiary/aromatic N) is 1. The molecule has 2 fully saturated rings. The van der Waals surface area contributed by atoms with Crippen LogP contribution in [0.15, 0.2) is 0 Å². The summed E-state index contributed by atoms with van der Waals surface area (Å²) in [6.07, 6.45) is 2.85. The molecule has 2 amide bonds. The van der Waals surface area contributed by atoms with E-state index in [9.17, 15) is 9.59 Å². The van der Waals surface area contributed by atoms with Gasteiger partial charge in [-0.15, -0.1) is 0 Å². The van der Waals surface area contributed by atoms with Crippen molar-refractivity contribution in [3.63, 3.8) is 0 Å². The van der Waals surface area contributed by atoms with Gasteiger partial charge in [0.15, 0.2) is 0 Å². The van der Waals surface area contributed by atoms with E-state index in [4.69, 9.17) is 5.73 Å². The summed E-state index contributed by atoms with van der Waals surface area (Å²) in [5, 5.41) is 0. The minimum atomic E-state index is -0.131. The average Bonchev–Trinajstić information content (AvgIpc) is 2.74. The van der Waals surface area contributed by atoms with Crippen LogP contribution in [0.1, 0.15) is 33.1 Å². The quantitative estimate of drug-likeness (QED) is 0.720. The van der Waals surface area contributed by atoms with E-state index >= 15 is 0 Å². The molecule has 4 heteroatoms. The van der Waals surface area contributed by atoms with Gasteiger partial charge in [-0.05, 0) is 25.7 Å². The molecule has 0 aromatic carbocycles. The molecule has 2 aliphatic rings. The first-order valence-corrected chi connectivity index (χ1v) is 6.15. The number of nitrogens with two attached hydrogens (primary N) is 1. The van der Waals surface area contributed by atoms with Crippen molar-refractivity contribution in [1.29, 1.82) is 0 Å². The first-order valence-electron chi connectivity index (χ1n) is 6.15. The molecule has 1 aliphatic carbocycles. The fourth-order valence-electron chi connectivity index (χ4n) is 3.00. The SMILES string of the molecule is CCC1CC2C(=O)N(CC(C)N)C(=O)C2C1. The van der Waals surface area contributed by atoms with Gasteiger partial charge in [-0.1, -0.05) is 13.3 Å². The highest BCUT2D eigenvalue weighted by Crippen LogP contribution is 2.44. The minimum absolute atomic E-state index is 0.0169. The predicted molar refractivity (Wildman–Crippen MR) is 60.4 cm³/mol. The Morgan fingerprint density at radius 3 is 2.19 bits per heavy atom. The molecule has 90 valence electrons. The number of rotatable bonds is 3. The van der Waals surface area contributed by atoms with Crippen LogP contribution >= 0.6 is 0 Å². The van der Waals surface area contributed by atoms with Crippen LogP contribution < -0.4 is 5.73 Å². The summed E-state index contributed by atoms with van der Waals surface area (Å²) < 4.78 is 0. The Morgan fingerprint density at radius 2 is 1.81 bits per heavy atom. The molecule has 1 saturated carbocycles. The minimum Gasteiger partial charge on any atom is -0.326 e. The fraction of sp³-hybridized carbons (Fsp3) is 0.833. The van der Waals surface area contributed by atoms with Crippen molar-refractivity contribution in [3.8, 4) is 0 Å². The van der Waals surface area contributed by atoms with E-state index in [1.54, 1.807) is 0 Å². The molecule has 0 radical (unpaired) electrons. The number of hydrogen-bond donors (Lipinski definition) is 1. The summed E-state index contributed by atoms with van der Waals surface area (Å²) in [6.45, 7) is 4.32. The highest BCUT2D eigenvalue weighted by atomic mass is 16.2. The molecule has 0 bridgehead atoms. The Bertz CT molecular complexity index is 290. The summed E-state index contributed by atoms with van der Waals surface area (Å²) in [4.78, 5) is 25.5. The van der Waals surface area contributed by atoms with E-state index in [1.807, 2.05) is 6.92 Å². The van der Waals surface area contributed by atoms with Gasteiger partial charge in [0, 0.05) is 12.6 Å². The monoisotopic (exact) mass is 224 g/mol. The first-order chi connectivity index (χ1) is 7.54. The summed E-state index contributed by atoms with van der Waals surface area (Å²) in [6, 6.07) is -0.131. The van der Waals surface area contributed by atoms with E-state index < -0.39 is 0 Å². The highest BCUT2D eigenvalue weighted by molar-refractivity contribution is 6.05. The third kappa shape index (κ3) is 1.75. The van der Waals surface area contributed by atoms with Crippen LogP contribution in [0.25, 0.3) is 0 Å². The van der Waals surface area contributed by atoms with Crippen LogP contribution in [-0.2, 0) is 9.59 Å². The molecule has 16 heavy (non-hydrogen) atoms. The molecule has 2 N–H and O–H groups in total. The number of amides is 2. The largest absolute Gasteiger partial charge is 0.326 e. The molecule has 1 aliphatic heterocycles.